The van der Waals surface area contributed by atoms with Crippen LogP contribution in [-0.4, -0.2) is 23.8 Å². The molecule has 5 heteroatoms. The van der Waals surface area contributed by atoms with Crippen molar-refractivity contribution in [3.63, 3.8) is 0 Å². The first-order valence-electron chi connectivity index (χ1n) is 5.83. The van der Waals surface area contributed by atoms with Gasteiger partial charge in [0.25, 0.3) is 0 Å². The van der Waals surface area contributed by atoms with E-state index in [0.717, 1.165) is 12.8 Å². The number of rotatable bonds is 6. The van der Waals surface area contributed by atoms with Crippen LogP contribution in [0.25, 0.3) is 0 Å². The van der Waals surface area contributed by atoms with E-state index in [-0.39, 0.29) is 5.46 Å². The second-order valence-corrected chi connectivity index (χ2v) is 4.26. The first kappa shape index (κ1) is 14.0. The maximum absolute atomic E-state index is 13.4. The first-order valence-corrected chi connectivity index (χ1v) is 5.83. The summed E-state index contributed by atoms with van der Waals surface area (Å²) in [5.74, 6) is 0.168. The standard InChI is InChI=1S/C12H18BFO3/c1-3-4-9(2)8-17-10-5-6-11(13(15)16)12(14)7-10/h5-7,9,15-16H,3-4,8H2,1-2H3. The van der Waals surface area contributed by atoms with Gasteiger partial charge in [-0.25, -0.2) is 4.39 Å². The summed E-state index contributed by atoms with van der Waals surface area (Å²) in [6, 6.07) is 4.03. The van der Waals surface area contributed by atoms with Gasteiger partial charge in [0.2, 0.25) is 0 Å². The van der Waals surface area contributed by atoms with Crippen LogP contribution in [0.4, 0.5) is 4.39 Å². The Morgan fingerprint density at radius 1 is 1.41 bits per heavy atom. The Morgan fingerprint density at radius 2 is 2.12 bits per heavy atom. The van der Waals surface area contributed by atoms with Gasteiger partial charge in [-0.2, -0.15) is 0 Å². The van der Waals surface area contributed by atoms with Gasteiger partial charge in [0.15, 0.2) is 0 Å². The normalized spacial score (nSPS) is 12.3. The maximum Gasteiger partial charge on any atom is 0.491 e. The number of ether oxygens (including phenoxy) is 1. The van der Waals surface area contributed by atoms with Gasteiger partial charge in [0.05, 0.1) is 6.61 Å². The van der Waals surface area contributed by atoms with E-state index in [9.17, 15) is 4.39 Å². The largest absolute Gasteiger partial charge is 0.493 e. The van der Waals surface area contributed by atoms with Crippen LogP contribution in [0.2, 0.25) is 0 Å². The number of halogens is 1. The van der Waals surface area contributed by atoms with E-state index in [4.69, 9.17) is 14.8 Å². The molecule has 0 aliphatic heterocycles. The smallest absolute Gasteiger partial charge is 0.491 e. The molecular weight excluding hydrogens is 222 g/mol. The molecule has 0 fully saturated rings. The molecule has 1 aromatic carbocycles. The van der Waals surface area contributed by atoms with Crippen LogP contribution in [0.15, 0.2) is 18.2 Å². The molecule has 0 bridgehead atoms. The summed E-state index contributed by atoms with van der Waals surface area (Å²) in [7, 11) is -1.79. The first-order chi connectivity index (χ1) is 8.04. The Bertz CT molecular complexity index is 358. The van der Waals surface area contributed by atoms with Crippen molar-refractivity contribution < 1.29 is 19.2 Å². The maximum atomic E-state index is 13.4. The summed E-state index contributed by atoms with van der Waals surface area (Å²) in [6.45, 7) is 4.72. The van der Waals surface area contributed by atoms with Crippen LogP contribution < -0.4 is 10.2 Å². The van der Waals surface area contributed by atoms with Gasteiger partial charge in [0, 0.05) is 11.5 Å². The van der Waals surface area contributed by atoms with Crippen molar-refractivity contribution in [1.29, 1.82) is 0 Å². The second kappa shape index (κ2) is 6.62. The summed E-state index contributed by atoms with van der Waals surface area (Å²) in [5, 5.41) is 17.7. The fraction of sp³-hybridized carbons (Fsp3) is 0.500. The molecule has 2 N–H and O–H groups in total. The minimum absolute atomic E-state index is 0.140. The van der Waals surface area contributed by atoms with Crippen LogP contribution in [0, 0.1) is 11.7 Å². The average Bonchev–Trinajstić information content (AvgIpc) is 2.26. The highest BCUT2D eigenvalue weighted by Crippen LogP contribution is 2.14. The Morgan fingerprint density at radius 3 is 2.65 bits per heavy atom. The molecule has 0 saturated carbocycles. The molecule has 0 spiro atoms. The summed E-state index contributed by atoms with van der Waals surface area (Å²) in [5.41, 5.74) is -0.140. The fourth-order valence-electron chi connectivity index (χ4n) is 1.62. The molecule has 0 radical (unpaired) electrons. The molecule has 0 aliphatic rings. The van der Waals surface area contributed by atoms with Crippen LogP contribution >= 0.6 is 0 Å². The minimum Gasteiger partial charge on any atom is -0.493 e. The lowest BCUT2D eigenvalue weighted by Gasteiger charge is -2.12. The van der Waals surface area contributed by atoms with Gasteiger partial charge < -0.3 is 14.8 Å². The van der Waals surface area contributed by atoms with Crippen LogP contribution in [0.1, 0.15) is 26.7 Å². The van der Waals surface area contributed by atoms with Gasteiger partial charge in [0.1, 0.15) is 11.6 Å². The third-order valence-corrected chi connectivity index (χ3v) is 2.57. The molecule has 0 aromatic heterocycles. The highest BCUT2D eigenvalue weighted by molar-refractivity contribution is 6.58. The van der Waals surface area contributed by atoms with E-state index in [2.05, 4.69) is 13.8 Å². The lowest BCUT2D eigenvalue weighted by molar-refractivity contribution is 0.250. The molecule has 0 saturated heterocycles. The van der Waals surface area contributed by atoms with Crippen LogP contribution in [0.3, 0.4) is 0 Å². The van der Waals surface area contributed by atoms with Gasteiger partial charge in [-0.15, -0.1) is 0 Å². The Kier molecular flexibility index (Phi) is 5.45. The lowest BCUT2D eigenvalue weighted by Crippen LogP contribution is -2.32. The quantitative estimate of drug-likeness (QED) is 0.737. The molecule has 17 heavy (non-hydrogen) atoms. The van der Waals surface area contributed by atoms with Crippen LogP contribution in [0.5, 0.6) is 5.75 Å². The lowest BCUT2D eigenvalue weighted by atomic mass is 9.80. The SMILES string of the molecule is CCCC(C)COc1ccc(B(O)O)c(F)c1. The molecule has 0 heterocycles. The third kappa shape index (κ3) is 4.36. The van der Waals surface area contributed by atoms with Crippen molar-refractivity contribution in [3.05, 3.63) is 24.0 Å². The Balaban J connectivity index is 2.58. The van der Waals surface area contributed by atoms with Gasteiger partial charge in [-0.05, 0) is 18.4 Å². The highest BCUT2D eigenvalue weighted by Gasteiger charge is 2.16. The van der Waals surface area contributed by atoms with E-state index in [0.29, 0.717) is 18.3 Å². The van der Waals surface area contributed by atoms with E-state index < -0.39 is 12.9 Å². The number of benzene rings is 1. The Hall–Kier alpha value is -1.07. The van der Waals surface area contributed by atoms with Crippen molar-refractivity contribution in [1.82, 2.24) is 0 Å². The van der Waals surface area contributed by atoms with Gasteiger partial charge >= 0.3 is 7.12 Å². The molecular formula is C12H18BFO3. The summed E-state index contributed by atoms with van der Waals surface area (Å²) >= 11 is 0. The predicted octanol–water partition coefficient (Wildman–Crippen LogP) is 1.32. The monoisotopic (exact) mass is 240 g/mol. The van der Waals surface area contributed by atoms with Crippen molar-refractivity contribution in [2.45, 2.75) is 26.7 Å². The predicted molar refractivity (Wildman–Crippen MR) is 65.8 cm³/mol. The molecule has 3 nitrogen and oxygen atoms in total. The van der Waals surface area contributed by atoms with Crippen molar-refractivity contribution >= 4 is 12.6 Å². The van der Waals surface area contributed by atoms with Crippen LogP contribution in [-0.2, 0) is 0 Å². The molecule has 0 aliphatic carbocycles. The summed E-state index contributed by atoms with van der Waals surface area (Å²) in [6.07, 6.45) is 2.16. The van der Waals surface area contributed by atoms with E-state index in [1.807, 2.05) is 0 Å². The zero-order chi connectivity index (χ0) is 12.8. The van der Waals surface area contributed by atoms with Gasteiger partial charge in [-0.3, -0.25) is 0 Å². The molecule has 1 aromatic rings. The van der Waals surface area contributed by atoms with Crippen molar-refractivity contribution in [2.24, 2.45) is 5.92 Å². The van der Waals surface area contributed by atoms with E-state index >= 15 is 0 Å². The second-order valence-electron chi connectivity index (χ2n) is 4.26. The number of hydrogen-bond donors (Lipinski definition) is 2. The zero-order valence-electron chi connectivity index (χ0n) is 10.2. The minimum atomic E-state index is -1.79. The van der Waals surface area contributed by atoms with E-state index in [1.165, 1.54) is 18.2 Å². The molecule has 0 amide bonds. The van der Waals surface area contributed by atoms with Crippen molar-refractivity contribution in [3.8, 4) is 5.75 Å². The summed E-state index contributed by atoms with van der Waals surface area (Å²) in [4.78, 5) is 0. The Labute approximate surface area is 101 Å². The van der Waals surface area contributed by atoms with E-state index in [1.54, 1.807) is 0 Å². The van der Waals surface area contributed by atoms with Crippen molar-refractivity contribution in [2.75, 3.05) is 6.61 Å². The topological polar surface area (TPSA) is 49.7 Å². The molecule has 1 unspecified atom stereocenters. The summed E-state index contributed by atoms with van der Waals surface area (Å²) < 4.78 is 18.8. The average molecular weight is 240 g/mol. The van der Waals surface area contributed by atoms with Gasteiger partial charge in [-0.1, -0.05) is 26.3 Å². The molecule has 1 rings (SSSR count). The fourth-order valence-corrected chi connectivity index (χ4v) is 1.62. The molecule has 94 valence electrons. The zero-order valence-corrected chi connectivity index (χ0v) is 10.2. The highest BCUT2D eigenvalue weighted by atomic mass is 19.1. The number of hydrogen-bond acceptors (Lipinski definition) is 3. The third-order valence-electron chi connectivity index (χ3n) is 2.57. The molecule has 1 atom stereocenters.